The van der Waals surface area contributed by atoms with Crippen molar-refractivity contribution in [2.75, 3.05) is 26.2 Å². The fraction of sp³-hybridized carbons (Fsp3) is 0.458. The van der Waals surface area contributed by atoms with Gasteiger partial charge in [0.15, 0.2) is 5.78 Å². The highest BCUT2D eigenvalue weighted by atomic mass is 79.9. The minimum absolute atomic E-state index is 0.123. The molecule has 2 aromatic carbocycles. The van der Waals surface area contributed by atoms with Gasteiger partial charge in [-0.25, -0.2) is 0 Å². The summed E-state index contributed by atoms with van der Waals surface area (Å²) < 4.78 is 6.94. The lowest BCUT2D eigenvalue weighted by Crippen LogP contribution is -2.31. The van der Waals surface area contributed by atoms with E-state index in [1.54, 1.807) is 0 Å². The average molecular weight is 442 g/mol. The highest BCUT2D eigenvalue weighted by Crippen LogP contribution is 2.49. The molecule has 0 aromatic heterocycles. The Balaban J connectivity index is 1.23. The second-order valence-electron chi connectivity index (χ2n) is 7.99. The number of halogens is 1. The van der Waals surface area contributed by atoms with Gasteiger partial charge in [0.25, 0.3) is 0 Å². The van der Waals surface area contributed by atoms with Crippen molar-refractivity contribution in [2.24, 2.45) is 5.92 Å². The first-order chi connectivity index (χ1) is 13.7. The van der Waals surface area contributed by atoms with E-state index in [0.717, 1.165) is 41.8 Å². The van der Waals surface area contributed by atoms with Crippen LogP contribution in [0.2, 0.25) is 0 Å². The normalized spacial score (nSPS) is 22.0. The first-order valence-electron chi connectivity index (χ1n) is 10.5. The zero-order chi connectivity index (χ0) is 19.3. The topological polar surface area (TPSA) is 29.5 Å². The molecule has 2 atom stereocenters. The van der Waals surface area contributed by atoms with E-state index in [2.05, 4.69) is 33.0 Å². The molecule has 2 aliphatic rings. The van der Waals surface area contributed by atoms with Gasteiger partial charge in [-0.3, -0.25) is 4.79 Å². The van der Waals surface area contributed by atoms with E-state index in [4.69, 9.17) is 4.74 Å². The van der Waals surface area contributed by atoms with Crippen LogP contribution in [0.15, 0.2) is 53.0 Å². The Hall–Kier alpha value is -1.65. The summed E-state index contributed by atoms with van der Waals surface area (Å²) in [6.45, 7) is 4.33. The van der Waals surface area contributed by atoms with Crippen LogP contribution in [0.3, 0.4) is 0 Å². The number of carbonyl (C=O) groups excluding carboxylic acids is 1. The zero-order valence-corrected chi connectivity index (χ0v) is 17.9. The summed E-state index contributed by atoms with van der Waals surface area (Å²) in [5, 5.41) is 0. The van der Waals surface area contributed by atoms with Crippen LogP contribution in [-0.2, 0) is 0 Å². The first-order valence-corrected chi connectivity index (χ1v) is 11.2. The van der Waals surface area contributed by atoms with Crippen molar-refractivity contribution in [1.29, 1.82) is 0 Å². The van der Waals surface area contributed by atoms with Crippen molar-refractivity contribution in [3.05, 3.63) is 64.1 Å². The van der Waals surface area contributed by atoms with Gasteiger partial charge in [0.05, 0.1) is 6.61 Å². The lowest BCUT2D eigenvalue weighted by atomic mass is 10.0. The second kappa shape index (κ2) is 9.23. The van der Waals surface area contributed by atoms with Crippen LogP contribution in [0.1, 0.15) is 53.9 Å². The maximum atomic E-state index is 12.7. The van der Waals surface area contributed by atoms with Crippen LogP contribution >= 0.6 is 15.9 Å². The number of nitrogens with zero attached hydrogens (tertiary/aromatic N) is 1. The number of hydrogen-bond acceptors (Lipinski definition) is 3. The predicted molar refractivity (Wildman–Crippen MR) is 116 cm³/mol. The molecule has 3 nitrogen and oxygen atoms in total. The number of rotatable bonds is 8. The molecule has 2 unspecified atom stereocenters. The largest absolute Gasteiger partial charge is 0.494 e. The highest BCUT2D eigenvalue weighted by Gasteiger charge is 2.43. The molecule has 2 aromatic rings. The Labute approximate surface area is 176 Å². The van der Waals surface area contributed by atoms with Crippen molar-refractivity contribution in [3.8, 4) is 5.75 Å². The molecule has 1 aliphatic heterocycles. The quantitative estimate of drug-likeness (QED) is 0.389. The van der Waals surface area contributed by atoms with Crippen LogP contribution in [0, 0.1) is 5.92 Å². The van der Waals surface area contributed by atoms with Crippen LogP contribution in [-0.4, -0.2) is 36.9 Å². The van der Waals surface area contributed by atoms with Gasteiger partial charge in [-0.05, 0) is 86.7 Å². The van der Waals surface area contributed by atoms with Gasteiger partial charge in [0.2, 0.25) is 0 Å². The Bertz CT molecular complexity index is 781. The zero-order valence-electron chi connectivity index (χ0n) is 16.3. The van der Waals surface area contributed by atoms with E-state index < -0.39 is 0 Å². The third-order valence-electron chi connectivity index (χ3n) is 5.90. The second-order valence-corrected chi connectivity index (χ2v) is 8.91. The summed E-state index contributed by atoms with van der Waals surface area (Å²) in [4.78, 5) is 15.3. The minimum atomic E-state index is 0.123. The van der Waals surface area contributed by atoms with Gasteiger partial charge >= 0.3 is 0 Å². The number of ketones is 1. The van der Waals surface area contributed by atoms with Gasteiger partial charge in [0, 0.05) is 22.5 Å². The smallest absolute Gasteiger partial charge is 0.166 e. The van der Waals surface area contributed by atoms with Crippen molar-refractivity contribution in [2.45, 2.75) is 38.0 Å². The standard InChI is InChI=1S/C24H28BrNO2/c25-20-9-5-18(6-10-20)22-17-23(22)24(27)19-7-11-21(12-8-19)28-16-4-15-26-13-2-1-3-14-26/h5-12,22-23H,1-4,13-17H2. The number of carbonyl (C=O) groups is 1. The summed E-state index contributed by atoms with van der Waals surface area (Å²) in [5.41, 5.74) is 2.06. The third-order valence-corrected chi connectivity index (χ3v) is 6.43. The van der Waals surface area contributed by atoms with Crippen molar-refractivity contribution in [1.82, 2.24) is 4.90 Å². The number of ether oxygens (including phenoxy) is 1. The fourth-order valence-corrected chi connectivity index (χ4v) is 4.42. The summed E-state index contributed by atoms with van der Waals surface area (Å²) >= 11 is 3.46. The summed E-state index contributed by atoms with van der Waals surface area (Å²) in [5.74, 6) is 1.60. The van der Waals surface area contributed by atoms with E-state index in [-0.39, 0.29) is 11.7 Å². The van der Waals surface area contributed by atoms with Gasteiger partial charge in [-0.15, -0.1) is 0 Å². The van der Waals surface area contributed by atoms with E-state index in [1.165, 1.54) is 37.9 Å². The molecule has 1 aliphatic carbocycles. The molecule has 2 fully saturated rings. The van der Waals surface area contributed by atoms with Crippen molar-refractivity contribution >= 4 is 21.7 Å². The van der Waals surface area contributed by atoms with Gasteiger partial charge < -0.3 is 9.64 Å². The molecule has 28 heavy (non-hydrogen) atoms. The maximum Gasteiger partial charge on any atom is 0.166 e. The fourth-order valence-electron chi connectivity index (χ4n) is 4.15. The number of benzene rings is 2. The summed E-state index contributed by atoms with van der Waals surface area (Å²) in [7, 11) is 0. The molecule has 1 heterocycles. The summed E-state index contributed by atoms with van der Waals surface area (Å²) in [6.07, 6.45) is 6.05. The van der Waals surface area contributed by atoms with Crippen molar-refractivity contribution in [3.63, 3.8) is 0 Å². The molecule has 4 rings (SSSR count). The number of Topliss-reactive ketones (excluding diaryl/α,β-unsaturated/α-hetero) is 1. The molecule has 0 bridgehead atoms. The van der Waals surface area contributed by atoms with Gasteiger partial charge in [0.1, 0.15) is 5.75 Å². The predicted octanol–water partition coefficient (Wildman–Crippen LogP) is 5.69. The Morgan fingerprint density at radius 2 is 1.71 bits per heavy atom. The monoisotopic (exact) mass is 441 g/mol. The molecular weight excluding hydrogens is 414 g/mol. The van der Waals surface area contributed by atoms with E-state index in [1.807, 2.05) is 36.4 Å². The average Bonchev–Trinajstić information content (AvgIpc) is 3.53. The minimum Gasteiger partial charge on any atom is -0.494 e. The van der Waals surface area contributed by atoms with Crippen molar-refractivity contribution < 1.29 is 9.53 Å². The van der Waals surface area contributed by atoms with E-state index >= 15 is 0 Å². The maximum absolute atomic E-state index is 12.7. The number of likely N-dealkylation sites (tertiary alicyclic amines) is 1. The van der Waals surface area contributed by atoms with Crippen LogP contribution in [0.4, 0.5) is 0 Å². The molecule has 0 amide bonds. The van der Waals surface area contributed by atoms with E-state index in [0.29, 0.717) is 5.92 Å². The van der Waals surface area contributed by atoms with Gasteiger partial charge in [-0.1, -0.05) is 34.5 Å². The van der Waals surface area contributed by atoms with Crippen LogP contribution in [0.25, 0.3) is 0 Å². The lowest BCUT2D eigenvalue weighted by Gasteiger charge is -2.26. The summed E-state index contributed by atoms with van der Waals surface area (Å²) in [6, 6.07) is 16.0. The third kappa shape index (κ3) is 5.03. The Kier molecular flexibility index (Phi) is 6.48. The number of hydrogen-bond donors (Lipinski definition) is 0. The SMILES string of the molecule is O=C(c1ccc(OCCCN2CCCCC2)cc1)C1CC1c1ccc(Br)cc1. The molecule has 4 heteroatoms. The van der Waals surface area contributed by atoms with E-state index in [9.17, 15) is 4.79 Å². The molecular formula is C24H28BrNO2. The molecule has 0 N–H and O–H groups in total. The number of piperidine rings is 1. The Morgan fingerprint density at radius 1 is 1.00 bits per heavy atom. The molecule has 1 saturated heterocycles. The highest BCUT2D eigenvalue weighted by molar-refractivity contribution is 9.10. The molecule has 0 radical (unpaired) electrons. The Morgan fingerprint density at radius 3 is 2.43 bits per heavy atom. The molecule has 0 spiro atoms. The molecule has 148 valence electrons. The molecule has 1 saturated carbocycles. The van der Waals surface area contributed by atoms with Gasteiger partial charge in [-0.2, -0.15) is 0 Å². The van der Waals surface area contributed by atoms with Crippen LogP contribution in [0.5, 0.6) is 5.75 Å². The van der Waals surface area contributed by atoms with Crippen LogP contribution < -0.4 is 4.74 Å². The first kappa shape index (κ1) is 19.7. The lowest BCUT2D eigenvalue weighted by molar-refractivity contribution is 0.0965.